The Morgan fingerprint density at radius 1 is 1.06 bits per heavy atom. The normalized spacial score (nSPS) is 12.7. The van der Waals surface area contributed by atoms with Crippen LogP contribution in [0.4, 0.5) is 11.4 Å². The number of aryl methyl sites for hydroxylation is 1. The summed E-state index contributed by atoms with van der Waals surface area (Å²) in [7, 11) is 0. The topological polar surface area (TPSA) is 67.9 Å². The number of ether oxygens (including phenoxy) is 2. The van der Waals surface area contributed by atoms with Crippen LogP contribution >= 0.6 is 0 Å². The minimum atomic E-state index is -0.109. The highest BCUT2D eigenvalue weighted by atomic mass is 16.5. The molecule has 3 aromatic carbocycles. The molecule has 0 bridgehead atoms. The third-order valence-corrected chi connectivity index (χ3v) is 5.34. The summed E-state index contributed by atoms with van der Waals surface area (Å²) >= 11 is 0. The maximum absolute atomic E-state index is 12.6. The lowest BCUT2D eigenvalue weighted by atomic mass is 10.1. The second-order valence-corrected chi connectivity index (χ2v) is 7.69. The summed E-state index contributed by atoms with van der Waals surface area (Å²) < 4.78 is 11.2. The molecule has 164 valence electrons. The van der Waals surface area contributed by atoms with E-state index >= 15 is 0 Å². The highest BCUT2D eigenvalue weighted by molar-refractivity contribution is 5.99. The number of amides is 2. The van der Waals surface area contributed by atoms with Crippen LogP contribution in [-0.2, 0) is 16.1 Å². The first-order valence-electron chi connectivity index (χ1n) is 10.7. The molecule has 0 fully saturated rings. The number of hydrogen-bond acceptors (Lipinski definition) is 4. The fourth-order valence-corrected chi connectivity index (χ4v) is 3.57. The van der Waals surface area contributed by atoms with Crippen molar-refractivity contribution in [1.29, 1.82) is 0 Å². The molecule has 6 nitrogen and oxygen atoms in total. The molecule has 0 radical (unpaired) electrons. The maximum Gasteiger partial charge on any atom is 0.265 e. The number of para-hydroxylation sites is 1. The quantitative estimate of drug-likeness (QED) is 0.525. The molecule has 0 unspecified atom stereocenters. The zero-order valence-corrected chi connectivity index (χ0v) is 18.0. The highest BCUT2D eigenvalue weighted by Crippen LogP contribution is 2.35. The Kier molecular flexibility index (Phi) is 6.70. The minimum absolute atomic E-state index is 0.00595. The van der Waals surface area contributed by atoms with Gasteiger partial charge in [-0.3, -0.25) is 9.59 Å². The van der Waals surface area contributed by atoms with Gasteiger partial charge in [-0.15, -0.1) is 0 Å². The van der Waals surface area contributed by atoms with Crippen molar-refractivity contribution in [3.05, 3.63) is 83.9 Å². The number of hydrogen-bond donors (Lipinski definition) is 1. The van der Waals surface area contributed by atoms with Crippen molar-refractivity contribution in [2.75, 3.05) is 23.4 Å². The largest absolute Gasteiger partial charge is 0.494 e. The van der Waals surface area contributed by atoms with Crippen molar-refractivity contribution >= 4 is 23.2 Å². The van der Waals surface area contributed by atoms with Gasteiger partial charge in [-0.25, -0.2) is 0 Å². The number of rotatable bonds is 8. The van der Waals surface area contributed by atoms with Gasteiger partial charge in [0.15, 0.2) is 6.61 Å². The summed E-state index contributed by atoms with van der Waals surface area (Å²) in [5.41, 5.74) is 3.48. The van der Waals surface area contributed by atoms with Crippen LogP contribution in [0.2, 0.25) is 0 Å². The Bertz CT molecular complexity index is 1100. The molecule has 1 aliphatic heterocycles. The zero-order chi connectivity index (χ0) is 22.3. The van der Waals surface area contributed by atoms with E-state index in [1.807, 2.05) is 61.5 Å². The summed E-state index contributed by atoms with van der Waals surface area (Å²) in [4.78, 5) is 26.7. The fraction of sp³-hybridized carbons (Fsp3) is 0.231. The zero-order valence-electron chi connectivity index (χ0n) is 18.0. The van der Waals surface area contributed by atoms with Crippen molar-refractivity contribution in [3.63, 3.8) is 0 Å². The van der Waals surface area contributed by atoms with Gasteiger partial charge in [0.2, 0.25) is 5.91 Å². The molecule has 1 aliphatic rings. The smallest absolute Gasteiger partial charge is 0.265 e. The average molecular weight is 431 g/mol. The van der Waals surface area contributed by atoms with E-state index < -0.39 is 0 Å². The third kappa shape index (κ3) is 5.27. The van der Waals surface area contributed by atoms with Crippen LogP contribution in [0.1, 0.15) is 24.0 Å². The lowest BCUT2D eigenvalue weighted by Gasteiger charge is -2.30. The lowest BCUT2D eigenvalue weighted by molar-refractivity contribution is -0.121. The predicted octanol–water partition coefficient (Wildman–Crippen LogP) is 4.72. The molecule has 2 amide bonds. The van der Waals surface area contributed by atoms with Crippen LogP contribution in [-0.4, -0.2) is 25.0 Å². The van der Waals surface area contributed by atoms with E-state index in [0.29, 0.717) is 43.1 Å². The van der Waals surface area contributed by atoms with Crippen LogP contribution in [0.25, 0.3) is 0 Å². The molecule has 3 aromatic rings. The molecule has 32 heavy (non-hydrogen) atoms. The molecule has 0 aromatic heterocycles. The highest BCUT2D eigenvalue weighted by Gasteiger charge is 2.26. The lowest BCUT2D eigenvalue weighted by Crippen LogP contribution is -2.38. The molecule has 0 spiro atoms. The molecular weight excluding hydrogens is 404 g/mol. The van der Waals surface area contributed by atoms with Crippen LogP contribution in [0.15, 0.2) is 72.8 Å². The average Bonchev–Trinajstić information content (AvgIpc) is 2.81. The number of nitrogens with zero attached hydrogens (tertiary/aromatic N) is 1. The fourth-order valence-electron chi connectivity index (χ4n) is 3.57. The number of benzene rings is 3. The van der Waals surface area contributed by atoms with Crippen LogP contribution in [0.5, 0.6) is 11.5 Å². The van der Waals surface area contributed by atoms with Gasteiger partial charge >= 0.3 is 0 Å². The van der Waals surface area contributed by atoms with Crippen molar-refractivity contribution < 1.29 is 19.1 Å². The van der Waals surface area contributed by atoms with Gasteiger partial charge in [0, 0.05) is 12.1 Å². The monoisotopic (exact) mass is 430 g/mol. The molecular formula is C26H26N2O4. The summed E-state index contributed by atoms with van der Waals surface area (Å²) in [5.74, 6) is 1.21. The second kappa shape index (κ2) is 10.0. The molecule has 4 rings (SSSR count). The molecule has 1 heterocycles. The van der Waals surface area contributed by atoms with Gasteiger partial charge < -0.3 is 19.7 Å². The molecule has 6 heteroatoms. The minimum Gasteiger partial charge on any atom is -0.494 e. The number of anilines is 2. The van der Waals surface area contributed by atoms with Gasteiger partial charge in [-0.05, 0) is 54.8 Å². The second-order valence-electron chi connectivity index (χ2n) is 7.69. The Labute approximate surface area is 187 Å². The number of carbonyl (C=O) groups excluding carboxylic acids is 2. The number of fused-ring (bicyclic) bond motifs is 1. The van der Waals surface area contributed by atoms with Crippen LogP contribution < -0.4 is 19.7 Å². The Balaban J connectivity index is 1.38. The molecule has 0 atom stereocenters. The van der Waals surface area contributed by atoms with Gasteiger partial charge in [-0.2, -0.15) is 0 Å². The van der Waals surface area contributed by atoms with Gasteiger partial charge in [0.05, 0.1) is 18.8 Å². The van der Waals surface area contributed by atoms with E-state index in [1.54, 1.807) is 23.1 Å². The molecule has 0 aliphatic carbocycles. The van der Waals surface area contributed by atoms with E-state index in [0.717, 1.165) is 16.9 Å². The van der Waals surface area contributed by atoms with E-state index in [9.17, 15) is 9.59 Å². The summed E-state index contributed by atoms with van der Waals surface area (Å²) in [6.07, 6.45) is 0.943. The summed E-state index contributed by atoms with van der Waals surface area (Å²) in [6, 6.07) is 22.9. The van der Waals surface area contributed by atoms with Gasteiger partial charge in [0.25, 0.3) is 5.91 Å². The Morgan fingerprint density at radius 2 is 1.84 bits per heavy atom. The van der Waals surface area contributed by atoms with E-state index in [4.69, 9.17) is 9.47 Å². The Hall–Kier alpha value is -3.80. The molecule has 1 N–H and O–H groups in total. The first-order chi connectivity index (χ1) is 15.6. The Morgan fingerprint density at radius 3 is 2.66 bits per heavy atom. The van der Waals surface area contributed by atoms with E-state index in [2.05, 4.69) is 5.32 Å². The molecule has 0 saturated heterocycles. The SMILES string of the molecule is Cc1ccccc1CN1C(=O)COc2ccc(NC(=O)CCCOc3ccccc3)cc21. The van der Waals surface area contributed by atoms with Crippen LogP contribution in [0, 0.1) is 6.92 Å². The predicted molar refractivity (Wildman–Crippen MR) is 124 cm³/mol. The molecule has 0 saturated carbocycles. The van der Waals surface area contributed by atoms with Crippen molar-refractivity contribution in [2.45, 2.75) is 26.3 Å². The third-order valence-electron chi connectivity index (χ3n) is 5.34. The van der Waals surface area contributed by atoms with Crippen molar-refractivity contribution in [3.8, 4) is 11.5 Å². The maximum atomic E-state index is 12.6. The first-order valence-corrected chi connectivity index (χ1v) is 10.7. The number of nitrogens with one attached hydrogen (secondary N) is 1. The summed E-state index contributed by atoms with van der Waals surface area (Å²) in [5, 5.41) is 2.91. The van der Waals surface area contributed by atoms with Crippen LogP contribution in [0.3, 0.4) is 0 Å². The first kappa shape index (κ1) is 21.4. The standard InChI is InChI=1S/C26H26N2O4/c1-19-8-5-6-9-20(19)17-28-23-16-21(13-14-24(23)32-18-26(28)30)27-25(29)12-7-15-31-22-10-3-2-4-11-22/h2-6,8-11,13-14,16H,7,12,15,17-18H2,1H3,(H,27,29). The van der Waals surface area contributed by atoms with Gasteiger partial charge in [0.1, 0.15) is 11.5 Å². The van der Waals surface area contributed by atoms with Gasteiger partial charge in [-0.1, -0.05) is 42.5 Å². The number of carbonyl (C=O) groups is 2. The van der Waals surface area contributed by atoms with E-state index in [-0.39, 0.29) is 18.4 Å². The van der Waals surface area contributed by atoms with Crippen molar-refractivity contribution in [2.24, 2.45) is 0 Å². The van der Waals surface area contributed by atoms with E-state index in [1.165, 1.54) is 0 Å². The summed E-state index contributed by atoms with van der Waals surface area (Å²) in [6.45, 7) is 2.95. The van der Waals surface area contributed by atoms with Crippen molar-refractivity contribution in [1.82, 2.24) is 0 Å².